The van der Waals surface area contributed by atoms with Gasteiger partial charge >= 0.3 is 0 Å². The lowest BCUT2D eigenvalue weighted by Gasteiger charge is -2.11. The van der Waals surface area contributed by atoms with Crippen molar-refractivity contribution in [3.8, 4) is 0 Å². The molecule has 3 N–H and O–H groups in total. The molecule has 0 fully saturated rings. The number of guanidine groups is 1. The molecule has 0 bridgehead atoms. The Kier molecular flexibility index (Phi) is 8.25. The van der Waals surface area contributed by atoms with E-state index >= 15 is 0 Å². The van der Waals surface area contributed by atoms with Crippen molar-refractivity contribution < 1.29 is 9.13 Å². The molecule has 0 aliphatic carbocycles. The van der Waals surface area contributed by atoms with Crippen molar-refractivity contribution in [3.63, 3.8) is 0 Å². The van der Waals surface area contributed by atoms with Gasteiger partial charge in [-0.3, -0.25) is 4.99 Å². The van der Waals surface area contributed by atoms with E-state index in [9.17, 15) is 4.39 Å². The van der Waals surface area contributed by atoms with E-state index in [1.54, 1.807) is 19.2 Å². The van der Waals surface area contributed by atoms with Crippen LogP contribution in [0, 0.1) is 5.82 Å². The summed E-state index contributed by atoms with van der Waals surface area (Å²) in [6, 6.07) is 4.82. The van der Waals surface area contributed by atoms with Gasteiger partial charge in [-0.15, -0.1) is 0 Å². The fourth-order valence-corrected chi connectivity index (χ4v) is 2.62. The summed E-state index contributed by atoms with van der Waals surface area (Å²) < 4.78 is 18.9. The lowest BCUT2D eigenvalue weighted by molar-refractivity contribution is 0.129. The van der Waals surface area contributed by atoms with Gasteiger partial charge in [-0.2, -0.15) is 0 Å². The molecule has 5 nitrogen and oxygen atoms in total. The molecule has 0 aliphatic heterocycles. The van der Waals surface area contributed by atoms with Crippen LogP contribution in [0.15, 0.2) is 29.4 Å². The lowest BCUT2D eigenvalue weighted by atomic mass is 10.1. The number of benzene rings is 1. The maximum Gasteiger partial charge on any atom is 0.190 e. The molecule has 0 atom stereocenters. The topological polar surface area (TPSA) is 61.4 Å². The quantitative estimate of drug-likeness (QED) is 0.351. The van der Waals surface area contributed by atoms with Gasteiger partial charge < -0.3 is 20.4 Å². The zero-order chi connectivity index (χ0) is 17.9. The van der Waals surface area contributed by atoms with Gasteiger partial charge in [0.1, 0.15) is 5.82 Å². The molecule has 6 heteroatoms. The Balaban J connectivity index is 1.67. The Morgan fingerprint density at radius 3 is 2.80 bits per heavy atom. The Bertz CT molecular complexity index is 668. The van der Waals surface area contributed by atoms with Crippen LogP contribution in [0.4, 0.5) is 4.39 Å². The molecule has 0 saturated heterocycles. The number of hydrogen-bond donors (Lipinski definition) is 3. The number of unbranched alkanes of at least 4 members (excludes halogenated alkanes) is 1. The molecule has 0 radical (unpaired) electrons. The van der Waals surface area contributed by atoms with E-state index in [4.69, 9.17) is 4.74 Å². The summed E-state index contributed by atoms with van der Waals surface area (Å²) in [7, 11) is 1.76. The van der Waals surface area contributed by atoms with Crippen molar-refractivity contribution in [2.24, 2.45) is 4.99 Å². The molecule has 0 amide bonds. The van der Waals surface area contributed by atoms with E-state index in [1.807, 2.05) is 6.20 Å². The Morgan fingerprint density at radius 2 is 2.00 bits per heavy atom. The van der Waals surface area contributed by atoms with Crippen molar-refractivity contribution in [1.82, 2.24) is 15.6 Å². The number of rotatable bonds is 10. The van der Waals surface area contributed by atoms with E-state index in [0.717, 1.165) is 74.4 Å². The molecule has 25 heavy (non-hydrogen) atoms. The summed E-state index contributed by atoms with van der Waals surface area (Å²) in [5.41, 5.74) is 2.06. The first-order chi connectivity index (χ1) is 12.2. The second kappa shape index (κ2) is 10.7. The number of H-pyrrole nitrogens is 1. The first-order valence-electron chi connectivity index (χ1n) is 9.02. The second-order valence-electron chi connectivity index (χ2n) is 6.00. The average Bonchev–Trinajstić information content (AvgIpc) is 3.01. The molecule has 1 aromatic carbocycles. The molecule has 1 heterocycles. The van der Waals surface area contributed by atoms with Gasteiger partial charge in [0.2, 0.25) is 0 Å². The Hall–Kier alpha value is -2.08. The summed E-state index contributed by atoms with van der Waals surface area (Å²) in [5, 5.41) is 7.51. The van der Waals surface area contributed by atoms with Gasteiger partial charge in [0.05, 0.1) is 0 Å². The molecule has 0 spiro atoms. The first-order valence-corrected chi connectivity index (χ1v) is 9.02. The number of aromatic amines is 1. The van der Waals surface area contributed by atoms with Gasteiger partial charge in [0.25, 0.3) is 0 Å². The minimum Gasteiger partial charge on any atom is -0.381 e. The van der Waals surface area contributed by atoms with Crippen molar-refractivity contribution in [1.29, 1.82) is 0 Å². The monoisotopic (exact) mass is 348 g/mol. The maximum atomic E-state index is 13.4. The fourth-order valence-electron chi connectivity index (χ4n) is 2.62. The van der Waals surface area contributed by atoms with E-state index in [1.165, 1.54) is 6.07 Å². The minimum atomic E-state index is -0.208. The van der Waals surface area contributed by atoms with Crippen LogP contribution in [0.2, 0.25) is 0 Å². The zero-order valence-corrected chi connectivity index (χ0v) is 15.2. The van der Waals surface area contributed by atoms with E-state index in [-0.39, 0.29) is 5.82 Å². The van der Waals surface area contributed by atoms with Crippen LogP contribution in [0.5, 0.6) is 0 Å². The smallest absolute Gasteiger partial charge is 0.190 e. The third-order valence-corrected chi connectivity index (χ3v) is 4.04. The normalized spacial score (nSPS) is 11.9. The predicted molar refractivity (Wildman–Crippen MR) is 102 cm³/mol. The number of fused-ring (bicyclic) bond motifs is 1. The van der Waals surface area contributed by atoms with Crippen LogP contribution in [0.3, 0.4) is 0 Å². The standard InChI is InChI=1S/C19H29FN4O/c1-3-4-11-25-12-5-9-22-19(21-2)23-10-8-15-14-24-18-7-6-16(20)13-17(15)18/h6-7,13-14,24H,3-5,8-12H2,1-2H3,(H2,21,22,23). The highest BCUT2D eigenvalue weighted by Gasteiger charge is 2.05. The van der Waals surface area contributed by atoms with Crippen LogP contribution in [-0.4, -0.2) is 44.3 Å². The molecule has 0 unspecified atom stereocenters. The summed E-state index contributed by atoms with van der Waals surface area (Å²) in [4.78, 5) is 7.39. The van der Waals surface area contributed by atoms with E-state index in [2.05, 4.69) is 27.5 Å². The van der Waals surface area contributed by atoms with Crippen LogP contribution in [0.1, 0.15) is 31.7 Å². The highest BCUT2D eigenvalue weighted by Crippen LogP contribution is 2.19. The van der Waals surface area contributed by atoms with Gasteiger partial charge in [-0.1, -0.05) is 13.3 Å². The summed E-state index contributed by atoms with van der Waals surface area (Å²) >= 11 is 0. The van der Waals surface area contributed by atoms with Crippen LogP contribution >= 0.6 is 0 Å². The number of aromatic nitrogens is 1. The number of nitrogens with one attached hydrogen (secondary N) is 3. The van der Waals surface area contributed by atoms with Crippen molar-refractivity contribution in [2.45, 2.75) is 32.6 Å². The van der Waals surface area contributed by atoms with Crippen molar-refractivity contribution in [2.75, 3.05) is 33.4 Å². The predicted octanol–water partition coefficient (Wildman–Crippen LogP) is 3.22. The number of halogens is 1. The van der Waals surface area contributed by atoms with Gasteiger partial charge in [0, 0.05) is 50.5 Å². The Morgan fingerprint density at radius 1 is 1.20 bits per heavy atom. The second-order valence-corrected chi connectivity index (χ2v) is 6.00. The van der Waals surface area contributed by atoms with Gasteiger partial charge in [-0.25, -0.2) is 4.39 Å². The third-order valence-electron chi connectivity index (χ3n) is 4.04. The number of nitrogens with zero attached hydrogens (tertiary/aromatic N) is 1. The van der Waals surface area contributed by atoms with Crippen LogP contribution in [-0.2, 0) is 11.2 Å². The molecular weight excluding hydrogens is 319 g/mol. The van der Waals surface area contributed by atoms with Gasteiger partial charge in [-0.05, 0) is 43.0 Å². The molecule has 138 valence electrons. The molecule has 1 aromatic heterocycles. The van der Waals surface area contributed by atoms with Gasteiger partial charge in [0.15, 0.2) is 5.96 Å². The van der Waals surface area contributed by atoms with Crippen molar-refractivity contribution >= 4 is 16.9 Å². The number of ether oxygens (including phenoxy) is 1. The molecule has 2 aromatic rings. The Labute approximate surface area is 149 Å². The molecule has 0 aliphatic rings. The minimum absolute atomic E-state index is 0.208. The van der Waals surface area contributed by atoms with Crippen LogP contribution in [0.25, 0.3) is 10.9 Å². The summed E-state index contributed by atoms with van der Waals surface area (Å²) in [6.45, 7) is 5.33. The molecule has 0 saturated carbocycles. The number of aliphatic imine (C=N–C) groups is 1. The SMILES string of the molecule is CCCCOCCCNC(=NC)NCCc1c[nH]c2ccc(F)cc12. The van der Waals surface area contributed by atoms with E-state index < -0.39 is 0 Å². The maximum absolute atomic E-state index is 13.4. The first kappa shape index (κ1) is 19.2. The summed E-state index contributed by atoms with van der Waals surface area (Å²) in [6.07, 6.45) is 5.97. The van der Waals surface area contributed by atoms with E-state index in [0.29, 0.717) is 0 Å². The van der Waals surface area contributed by atoms with Crippen molar-refractivity contribution in [3.05, 3.63) is 35.8 Å². The van der Waals surface area contributed by atoms with Crippen LogP contribution < -0.4 is 10.6 Å². The average molecular weight is 348 g/mol. The lowest BCUT2D eigenvalue weighted by Crippen LogP contribution is -2.39. The zero-order valence-electron chi connectivity index (χ0n) is 15.2. The molecular formula is C19H29FN4O. The third kappa shape index (κ3) is 6.38. The summed E-state index contributed by atoms with van der Waals surface area (Å²) in [5.74, 6) is 0.569. The highest BCUT2D eigenvalue weighted by atomic mass is 19.1. The largest absolute Gasteiger partial charge is 0.381 e. The fraction of sp³-hybridized carbons (Fsp3) is 0.526. The number of hydrogen-bond acceptors (Lipinski definition) is 2. The molecule has 2 rings (SSSR count). The highest BCUT2D eigenvalue weighted by molar-refractivity contribution is 5.83.